The topological polar surface area (TPSA) is 30.5 Å². The van der Waals surface area contributed by atoms with Crippen molar-refractivity contribution in [2.45, 2.75) is 25.4 Å². The van der Waals surface area contributed by atoms with Crippen molar-refractivity contribution in [3.05, 3.63) is 22.2 Å². The highest BCUT2D eigenvalue weighted by Gasteiger charge is 2.40. The van der Waals surface area contributed by atoms with Gasteiger partial charge in [0.25, 0.3) is 0 Å². The Labute approximate surface area is 129 Å². The molecule has 0 radical (unpaired) electrons. The minimum absolute atomic E-state index is 0.246. The molecule has 1 saturated carbocycles. The Morgan fingerprint density at radius 1 is 1.20 bits per heavy atom. The Bertz CT molecular complexity index is 485. The maximum Gasteiger partial charge on any atom is 0.180 e. The molecule has 1 heterocycles. The number of hydrogen-bond donors (Lipinski definition) is 1. The summed E-state index contributed by atoms with van der Waals surface area (Å²) in [7, 11) is 1.59. The summed E-state index contributed by atoms with van der Waals surface area (Å²) in [5.74, 6) is 2.47. The van der Waals surface area contributed by atoms with Crippen LogP contribution < -0.4 is 14.8 Å². The van der Waals surface area contributed by atoms with Gasteiger partial charge in [0, 0.05) is 12.5 Å². The van der Waals surface area contributed by atoms with Crippen molar-refractivity contribution < 1.29 is 9.47 Å². The molecular formula is C15H19Cl2NO2. The van der Waals surface area contributed by atoms with Gasteiger partial charge in [0.1, 0.15) is 11.1 Å². The fourth-order valence-corrected chi connectivity index (χ4v) is 3.29. The van der Waals surface area contributed by atoms with E-state index in [-0.39, 0.29) is 6.10 Å². The van der Waals surface area contributed by atoms with Crippen molar-refractivity contribution in [2.24, 2.45) is 11.8 Å². The van der Waals surface area contributed by atoms with Gasteiger partial charge in [-0.1, -0.05) is 23.2 Å². The summed E-state index contributed by atoms with van der Waals surface area (Å²) in [6.07, 6.45) is 3.93. The molecule has 2 fully saturated rings. The molecule has 1 aromatic rings. The zero-order valence-corrected chi connectivity index (χ0v) is 13.0. The molecule has 0 unspecified atom stereocenters. The van der Waals surface area contributed by atoms with Crippen molar-refractivity contribution in [1.29, 1.82) is 0 Å². The Kier molecular flexibility index (Phi) is 4.29. The van der Waals surface area contributed by atoms with E-state index in [1.165, 1.54) is 19.3 Å². The lowest BCUT2D eigenvalue weighted by molar-refractivity contribution is 0.116. The van der Waals surface area contributed by atoms with E-state index < -0.39 is 0 Å². The summed E-state index contributed by atoms with van der Waals surface area (Å²) >= 11 is 12.2. The van der Waals surface area contributed by atoms with Crippen LogP contribution in [0.3, 0.4) is 0 Å². The molecule has 1 N–H and O–H groups in total. The molecular weight excluding hydrogens is 297 g/mol. The molecule has 1 saturated heterocycles. The van der Waals surface area contributed by atoms with Crippen molar-refractivity contribution in [3.8, 4) is 11.5 Å². The van der Waals surface area contributed by atoms with Crippen LogP contribution >= 0.6 is 23.2 Å². The smallest absolute Gasteiger partial charge is 0.180 e. The average molecular weight is 316 g/mol. The van der Waals surface area contributed by atoms with Crippen LogP contribution in [0.25, 0.3) is 0 Å². The Hall–Kier alpha value is -0.640. The van der Waals surface area contributed by atoms with Crippen LogP contribution in [0.4, 0.5) is 0 Å². The quantitative estimate of drug-likeness (QED) is 0.897. The molecule has 2 atom stereocenters. The predicted octanol–water partition coefficient (Wildman–Crippen LogP) is 3.77. The largest absolute Gasteiger partial charge is 0.491 e. The van der Waals surface area contributed by atoms with E-state index in [9.17, 15) is 0 Å². The maximum absolute atomic E-state index is 6.27. The van der Waals surface area contributed by atoms with Crippen molar-refractivity contribution in [2.75, 3.05) is 20.2 Å². The van der Waals surface area contributed by atoms with Crippen molar-refractivity contribution in [3.63, 3.8) is 0 Å². The van der Waals surface area contributed by atoms with E-state index in [1.807, 2.05) is 6.07 Å². The van der Waals surface area contributed by atoms with E-state index in [1.54, 1.807) is 13.2 Å². The van der Waals surface area contributed by atoms with E-state index in [0.29, 0.717) is 33.4 Å². The van der Waals surface area contributed by atoms with Crippen LogP contribution in [0, 0.1) is 11.8 Å². The van der Waals surface area contributed by atoms with Crippen LogP contribution in [-0.4, -0.2) is 26.3 Å². The van der Waals surface area contributed by atoms with Crippen LogP contribution in [0.1, 0.15) is 19.3 Å². The first-order chi connectivity index (χ1) is 9.70. The zero-order valence-electron chi connectivity index (χ0n) is 11.5. The molecule has 0 spiro atoms. The number of ether oxygens (including phenoxy) is 2. The van der Waals surface area contributed by atoms with E-state index in [0.717, 1.165) is 13.1 Å². The lowest BCUT2D eigenvalue weighted by Crippen LogP contribution is -2.31. The fraction of sp³-hybridized carbons (Fsp3) is 0.600. The molecule has 1 aliphatic heterocycles. The molecule has 0 bridgehead atoms. The van der Waals surface area contributed by atoms with E-state index in [2.05, 4.69) is 5.32 Å². The van der Waals surface area contributed by atoms with Crippen molar-refractivity contribution in [1.82, 2.24) is 5.32 Å². The number of methoxy groups -OCH3 is 1. The first-order valence-corrected chi connectivity index (χ1v) is 7.85. The highest BCUT2D eigenvalue weighted by atomic mass is 35.5. The second-order valence-electron chi connectivity index (χ2n) is 5.57. The number of benzene rings is 1. The third-order valence-corrected chi connectivity index (χ3v) is 4.92. The molecule has 2 aliphatic rings. The molecule has 1 aromatic carbocycles. The Morgan fingerprint density at radius 3 is 2.60 bits per heavy atom. The fourth-order valence-electron chi connectivity index (χ4n) is 2.90. The number of nitrogens with one attached hydrogen (secondary N) is 1. The highest BCUT2D eigenvalue weighted by Crippen LogP contribution is 2.44. The number of halogens is 2. The van der Waals surface area contributed by atoms with Gasteiger partial charge < -0.3 is 14.8 Å². The normalized spacial score (nSPS) is 23.6. The molecule has 0 amide bonds. The Balaban J connectivity index is 1.83. The van der Waals surface area contributed by atoms with E-state index >= 15 is 0 Å². The van der Waals surface area contributed by atoms with Gasteiger partial charge in [-0.25, -0.2) is 0 Å². The molecule has 1 aliphatic carbocycles. The lowest BCUT2D eigenvalue weighted by Gasteiger charge is -2.25. The zero-order chi connectivity index (χ0) is 14.1. The molecule has 0 aromatic heterocycles. The van der Waals surface area contributed by atoms with Crippen LogP contribution in [0.2, 0.25) is 10.0 Å². The summed E-state index contributed by atoms with van der Waals surface area (Å²) in [6, 6.07) is 3.61. The summed E-state index contributed by atoms with van der Waals surface area (Å²) in [5.41, 5.74) is 0. The Morgan fingerprint density at radius 2 is 2.00 bits per heavy atom. The second kappa shape index (κ2) is 6.00. The molecule has 110 valence electrons. The maximum atomic E-state index is 6.27. The standard InChI is InChI=1S/C15H19Cl2NO2/c1-19-15-12(5-4-11(16)13(15)17)20-14(9-2-3-9)10-6-7-18-8-10/h4-5,9-10,14,18H,2-3,6-8H2,1H3/t10-,14-/m0/s1. The number of rotatable bonds is 5. The van der Waals surface area contributed by atoms with Gasteiger partial charge in [0.15, 0.2) is 11.5 Å². The predicted molar refractivity (Wildman–Crippen MR) is 81.1 cm³/mol. The van der Waals surface area contributed by atoms with Crippen molar-refractivity contribution >= 4 is 23.2 Å². The van der Waals surface area contributed by atoms with Gasteiger partial charge in [-0.2, -0.15) is 0 Å². The van der Waals surface area contributed by atoms with Gasteiger partial charge in [0.05, 0.1) is 12.1 Å². The number of hydrogen-bond acceptors (Lipinski definition) is 3. The summed E-state index contributed by atoms with van der Waals surface area (Å²) < 4.78 is 11.6. The third kappa shape index (κ3) is 2.85. The first-order valence-electron chi connectivity index (χ1n) is 7.10. The molecule has 3 rings (SSSR count). The summed E-state index contributed by atoms with van der Waals surface area (Å²) in [4.78, 5) is 0. The van der Waals surface area contributed by atoms with Gasteiger partial charge in [0.2, 0.25) is 0 Å². The van der Waals surface area contributed by atoms with Gasteiger partial charge in [-0.05, 0) is 43.9 Å². The molecule has 5 heteroatoms. The minimum Gasteiger partial charge on any atom is -0.491 e. The minimum atomic E-state index is 0.246. The van der Waals surface area contributed by atoms with Gasteiger partial charge in [-0.15, -0.1) is 0 Å². The summed E-state index contributed by atoms with van der Waals surface area (Å²) in [5, 5.41) is 4.32. The lowest BCUT2D eigenvalue weighted by atomic mass is 9.97. The monoisotopic (exact) mass is 315 g/mol. The SMILES string of the molecule is COc1c(O[C@@H](C2CC2)[C@H]2CCNC2)ccc(Cl)c1Cl. The van der Waals surface area contributed by atoms with Crippen LogP contribution in [0.5, 0.6) is 11.5 Å². The average Bonchev–Trinajstić information content (AvgIpc) is 3.14. The first kappa shape index (κ1) is 14.3. The van der Waals surface area contributed by atoms with Crippen LogP contribution in [0.15, 0.2) is 12.1 Å². The van der Waals surface area contributed by atoms with Gasteiger partial charge in [-0.3, -0.25) is 0 Å². The third-order valence-electron chi connectivity index (χ3n) is 4.13. The van der Waals surface area contributed by atoms with Crippen LogP contribution in [-0.2, 0) is 0 Å². The molecule has 20 heavy (non-hydrogen) atoms. The van der Waals surface area contributed by atoms with Gasteiger partial charge >= 0.3 is 0 Å². The summed E-state index contributed by atoms with van der Waals surface area (Å²) in [6.45, 7) is 2.11. The second-order valence-corrected chi connectivity index (χ2v) is 6.35. The molecule has 3 nitrogen and oxygen atoms in total. The highest BCUT2D eigenvalue weighted by molar-refractivity contribution is 6.43. The van der Waals surface area contributed by atoms with E-state index in [4.69, 9.17) is 32.7 Å².